The van der Waals surface area contributed by atoms with Crippen molar-refractivity contribution in [3.8, 4) is 23.0 Å². The Labute approximate surface area is 187 Å². The summed E-state index contributed by atoms with van der Waals surface area (Å²) in [7, 11) is 3.38. The first-order valence-electron chi connectivity index (χ1n) is 10.7. The van der Waals surface area contributed by atoms with Crippen molar-refractivity contribution < 1.29 is 28.5 Å². The van der Waals surface area contributed by atoms with Crippen molar-refractivity contribution in [2.75, 3.05) is 27.2 Å². The van der Waals surface area contributed by atoms with E-state index in [-0.39, 0.29) is 11.8 Å². The minimum atomic E-state index is -0.748. The van der Waals surface area contributed by atoms with Crippen molar-refractivity contribution in [2.24, 2.45) is 0 Å². The molecule has 0 fully saturated rings. The van der Waals surface area contributed by atoms with Gasteiger partial charge >= 0.3 is 0 Å². The summed E-state index contributed by atoms with van der Waals surface area (Å²) in [6, 6.07) is 14.6. The SMILES string of the molecule is CC1Oc2ccccc2OC1C(=O)N(C)CCN(C)C(=O)C1Oc2ccccc2OC1C. The molecule has 0 saturated carbocycles. The van der Waals surface area contributed by atoms with Crippen LogP contribution in [0.2, 0.25) is 0 Å². The predicted octanol–water partition coefficient (Wildman–Crippen LogP) is 2.36. The summed E-state index contributed by atoms with van der Waals surface area (Å²) < 4.78 is 23.4. The third-order valence-electron chi connectivity index (χ3n) is 5.69. The molecule has 2 aromatic rings. The number of carbonyl (C=O) groups is 2. The van der Waals surface area contributed by atoms with E-state index in [9.17, 15) is 9.59 Å². The number of benzene rings is 2. The molecule has 32 heavy (non-hydrogen) atoms. The molecule has 0 saturated heterocycles. The van der Waals surface area contributed by atoms with Crippen molar-refractivity contribution in [1.29, 1.82) is 0 Å². The molecule has 4 atom stereocenters. The Hall–Kier alpha value is -3.42. The van der Waals surface area contributed by atoms with Crippen LogP contribution in [0.3, 0.4) is 0 Å². The second-order valence-electron chi connectivity index (χ2n) is 8.14. The van der Waals surface area contributed by atoms with Gasteiger partial charge in [0.05, 0.1) is 0 Å². The summed E-state index contributed by atoms with van der Waals surface area (Å²) in [5, 5.41) is 0. The summed E-state index contributed by atoms with van der Waals surface area (Å²) in [4.78, 5) is 29.0. The lowest BCUT2D eigenvalue weighted by Gasteiger charge is -2.35. The van der Waals surface area contributed by atoms with Crippen LogP contribution in [0.5, 0.6) is 23.0 Å². The maximum absolute atomic E-state index is 13.0. The molecule has 8 heteroatoms. The average molecular weight is 440 g/mol. The number of para-hydroxylation sites is 4. The number of amides is 2. The molecule has 2 aliphatic heterocycles. The minimum Gasteiger partial charge on any atom is -0.482 e. The molecule has 0 aromatic heterocycles. The maximum Gasteiger partial charge on any atom is 0.267 e. The summed E-state index contributed by atoms with van der Waals surface area (Å²) >= 11 is 0. The topological polar surface area (TPSA) is 77.5 Å². The Kier molecular flexibility index (Phi) is 6.12. The Balaban J connectivity index is 1.33. The maximum atomic E-state index is 13.0. The van der Waals surface area contributed by atoms with E-state index in [0.29, 0.717) is 36.1 Å². The van der Waals surface area contributed by atoms with Crippen molar-refractivity contribution >= 4 is 11.8 Å². The lowest BCUT2D eigenvalue weighted by atomic mass is 10.1. The Morgan fingerprint density at radius 2 is 0.969 bits per heavy atom. The number of carbonyl (C=O) groups excluding carboxylic acids is 2. The van der Waals surface area contributed by atoms with Crippen LogP contribution in [0.4, 0.5) is 0 Å². The van der Waals surface area contributed by atoms with Gasteiger partial charge in [-0.2, -0.15) is 0 Å². The van der Waals surface area contributed by atoms with Crippen LogP contribution < -0.4 is 18.9 Å². The van der Waals surface area contributed by atoms with E-state index in [4.69, 9.17) is 18.9 Å². The van der Waals surface area contributed by atoms with Gasteiger partial charge in [-0.1, -0.05) is 24.3 Å². The minimum absolute atomic E-state index is 0.201. The number of fused-ring (bicyclic) bond motifs is 2. The van der Waals surface area contributed by atoms with Gasteiger partial charge in [0.25, 0.3) is 11.8 Å². The van der Waals surface area contributed by atoms with Crippen molar-refractivity contribution in [3.63, 3.8) is 0 Å². The van der Waals surface area contributed by atoms with Crippen LogP contribution in [0, 0.1) is 0 Å². The smallest absolute Gasteiger partial charge is 0.267 e. The van der Waals surface area contributed by atoms with Crippen LogP contribution in [-0.4, -0.2) is 73.2 Å². The standard InChI is InChI=1S/C24H28N2O6/c1-15-21(31-19-11-7-5-9-17(19)29-15)23(27)25(3)13-14-26(4)24(28)22-16(2)30-18-10-6-8-12-20(18)32-22/h5-12,15-16,21-22H,13-14H2,1-4H3. The van der Waals surface area contributed by atoms with E-state index in [1.165, 1.54) is 0 Å². The molecular weight excluding hydrogens is 412 g/mol. The molecular formula is C24H28N2O6. The molecule has 8 nitrogen and oxygen atoms in total. The lowest BCUT2D eigenvalue weighted by molar-refractivity contribution is -0.146. The van der Waals surface area contributed by atoms with Gasteiger partial charge in [-0.15, -0.1) is 0 Å². The fourth-order valence-electron chi connectivity index (χ4n) is 3.74. The van der Waals surface area contributed by atoms with Gasteiger partial charge in [0, 0.05) is 27.2 Å². The zero-order valence-electron chi connectivity index (χ0n) is 18.7. The fourth-order valence-corrected chi connectivity index (χ4v) is 3.74. The number of hydrogen-bond acceptors (Lipinski definition) is 6. The molecule has 0 radical (unpaired) electrons. The van der Waals surface area contributed by atoms with Crippen molar-refractivity contribution in [3.05, 3.63) is 48.5 Å². The molecule has 2 aliphatic rings. The van der Waals surface area contributed by atoms with Crippen LogP contribution in [0.25, 0.3) is 0 Å². The third-order valence-corrected chi connectivity index (χ3v) is 5.69. The highest BCUT2D eigenvalue weighted by molar-refractivity contribution is 5.83. The normalized spacial score (nSPS) is 23.2. The van der Waals surface area contributed by atoms with E-state index in [2.05, 4.69) is 0 Å². The lowest BCUT2D eigenvalue weighted by Crippen LogP contribution is -2.53. The molecule has 0 N–H and O–H groups in total. The van der Waals surface area contributed by atoms with E-state index >= 15 is 0 Å². The number of ether oxygens (including phenoxy) is 4. The van der Waals surface area contributed by atoms with Gasteiger partial charge in [-0.25, -0.2) is 0 Å². The number of rotatable bonds is 5. The second kappa shape index (κ2) is 8.98. The van der Waals surface area contributed by atoms with Crippen LogP contribution >= 0.6 is 0 Å². The zero-order chi connectivity index (χ0) is 22.8. The number of hydrogen-bond donors (Lipinski definition) is 0. The van der Waals surface area contributed by atoms with Crippen LogP contribution in [0.15, 0.2) is 48.5 Å². The van der Waals surface area contributed by atoms with Gasteiger partial charge in [0.15, 0.2) is 23.0 Å². The summed E-state index contributed by atoms with van der Waals surface area (Å²) in [6.07, 6.45) is -2.34. The van der Waals surface area contributed by atoms with Gasteiger partial charge < -0.3 is 28.7 Å². The summed E-state index contributed by atoms with van der Waals surface area (Å²) in [5.41, 5.74) is 0. The highest BCUT2D eigenvalue weighted by atomic mass is 16.6. The zero-order valence-corrected chi connectivity index (χ0v) is 18.7. The first kappa shape index (κ1) is 21.8. The molecule has 2 heterocycles. The van der Waals surface area contributed by atoms with Crippen molar-refractivity contribution in [2.45, 2.75) is 38.3 Å². The molecule has 4 unspecified atom stereocenters. The van der Waals surface area contributed by atoms with Gasteiger partial charge in [-0.3, -0.25) is 9.59 Å². The summed E-state index contributed by atoms with van der Waals surface area (Å²) in [5.74, 6) is 1.95. The Bertz CT molecular complexity index is 916. The van der Waals surface area contributed by atoms with Crippen molar-refractivity contribution in [1.82, 2.24) is 9.80 Å². The fraction of sp³-hybridized carbons (Fsp3) is 0.417. The van der Waals surface area contributed by atoms with E-state index in [0.717, 1.165) is 0 Å². The van der Waals surface area contributed by atoms with Gasteiger partial charge in [0.2, 0.25) is 12.2 Å². The highest BCUT2D eigenvalue weighted by Gasteiger charge is 2.37. The molecule has 0 aliphatic carbocycles. The Morgan fingerprint density at radius 3 is 1.31 bits per heavy atom. The first-order valence-corrected chi connectivity index (χ1v) is 10.7. The predicted molar refractivity (Wildman–Crippen MR) is 117 cm³/mol. The van der Waals surface area contributed by atoms with Gasteiger partial charge in [0.1, 0.15) is 12.2 Å². The molecule has 2 amide bonds. The molecule has 170 valence electrons. The summed E-state index contributed by atoms with van der Waals surface area (Å²) in [6.45, 7) is 4.30. The Morgan fingerprint density at radius 1 is 0.656 bits per heavy atom. The van der Waals surface area contributed by atoms with Crippen LogP contribution in [-0.2, 0) is 9.59 Å². The second-order valence-corrected chi connectivity index (χ2v) is 8.14. The highest BCUT2D eigenvalue weighted by Crippen LogP contribution is 2.35. The third kappa shape index (κ3) is 4.30. The number of likely N-dealkylation sites (N-methyl/N-ethyl adjacent to an activating group) is 2. The quantitative estimate of drug-likeness (QED) is 0.711. The number of nitrogens with zero attached hydrogens (tertiary/aromatic N) is 2. The average Bonchev–Trinajstić information content (AvgIpc) is 2.80. The first-order chi connectivity index (χ1) is 15.3. The van der Waals surface area contributed by atoms with E-state index in [1.54, 1.807) is 36.0 Å². The molecule has 0 spiro atoms. The van der Waals surface area contributed by atoms with Gasteiger partial charge in [-0.05, 0) is 38.1 Å². The van der Waals surface area contributed by atoms with E-state index < -0.39 is 24.4 Å². The molecule has 2 aromatic carbocycles. The molecule has 4 rings (SSSR count). The largest absolute Gasteiger partial charge is 0.482 e. The van der Waals surface area contributed by atoms with E-state index in [1.807, 2.05) is 50.2 Å². The monoisotopic (exact) mass is 440 g/mol. The molecule has 0 bridgehead atoms. The van der Waals surface area contributed by atoms with Crippen LogP contribution in [0.1, 0.15) is 13.8 Å².